The molecule has 0 saturated carbocycles. The molecular formula is C16H23N3O5S. The predicted molar refractivity (Wildman–Crippen MR) is 94.0 cm³/mol. The highest BCUT2D eigenvalue weighted by Gasteiger charge is 2.24. The van der Waals surface area contributed by atoms with Gasteiger partial charge in [-0.05, 0) is 44.0 Å². The van der Waals surface area contributed by atoms with Crippen LogP contribution in [0, 0.1) is 0 Å². The maximum atomic E-state index is 12.3. The minimum absolute atomic E-state index is 0.00741. The van der Waals surface area contributed by atoms with Crippen molar-refractivity contribution < 1.29 is 22.7 Å². The lowest BCUT2D eigenvalue weighted by Gasteiger charge is -2.31. The summed E-state index contributed by atoms with van der Waals surface area (Å²) < 4.78 is 29.6. The molecule has 1 aromatic rings. The summed E-state index contributed by atoms with van der Waals surface area (Å²) in [5.41, 5.74) is 0.855. The van der Waals surface area contributed by atoms with Gasteiger partial charge in [0.2, 0.25) is 10.0 Å². The predicted octanol–water partition coefficient (Wildman–Crippen LogP) is 1.41. The molecule has 8 nitrogen and oxygen atoms in total. The van der Waals surface area contributed by atoms with Crippen LogP contribution in [0.1, 0.15) is 30.1 Å². The Bertz CT molecular complexity index is 710. The third-order valence-electron chi connectivity index (χ3n) is 3.81. The van der Waals surface area contributed by atoms with E-state index in [-0.39, 0.29) is 18.0 Å². The molecule has 0 unspecified atom stereocenters. The van der Waals surface area contributed by atoms with E-state index in [2.05, 4.69) is 10.0 Å². The van der Waals surface area contributed by atoms with Crippen molar-refractivity contribution in [3.05, 3.63) is 29.8 Å². The lowest BCUT2D eigenvalue weighted by atomic mass is 10.0. The Morgan fingerprint density at radius 1 is 1.20 bits per heavy atom. The Balaban J connectivity index is 1.85. The Morgan fingerprint density at radius 2 is 1.80 bits per heavy atom. The molecule has 2 N–H and O–H groups in total. The molecule has 138 valence electrons. The fourth-order valence-electron chi connectivity index (χ4n) is 2.59. The molecule has 1 fully saturated rings. The number of hydrogen-bond acceptors (Lipinski definition) is 5. The number of anilines is 1. The number of amides is 2. The van der Waals surface area contributed by atoms with Crippen LogP contribution in [0.2, 0.25) is 0 Å². The van der Waals surface area contributed by atoms with Gasteiger partial charge in [0.1, 0.15) is 0 Å². The first-order chi connectivity index (χ1) is 11.8. The Kier molecular flexibility index (Phi) is 6.24. The summed E-state index contributed by atoms with van der Waals surface area (Å²) in [5, 5.41) is 2.94. The molecule has 1 heterocycles. The van der Waals surface area contributed by atoms with Crippen molar-refractivity contribution >= 4 is 27.7 Å². The molecule has 9 heteroatoms. The van der Waals surface area contributed by atoms with Crippen molar-refractivity contribution in [2.45, 2.75) is 25.8 Å². The van der Waals surface area contributed by atoms with Crippen LogP contribution >= 0.6 is 0 Å². The van der Waals surface area contributed by atoms with Crippen molar-refractivity contribution in [1.82, 2.24) is 10.2 Å². The van der Waals surface area contributed by atoms with E-state index in [1.54, 1.807) is 36.1 Å². The monoisotopic (exact) mass is 369 g/mol. The van der Waals surface area contributed by atoms with E-state index in [1.807, 2.05) is 0 Å². The molecule has 1 aliphatic rings. The fourth-order valence-corrected chi connectivity index (χ4v) is 3.16. The van der Waals surface area contributed by atoms with Crippen molar-refractivity contribution in [2.75, 3.05) is 30.7 Å². The highest BCUT2D eigenvalue weighted by molar-refractivity contribution is 7.92. The highest BCUT2D eigenvalue weighted by Crippen LogP contribution is 2.14. The minimum atomic E-state index is -3.34. The smallest absolute Gasteiger partial charge is 0.409 e. The lowest BCUT2D eigenvalue weighted by Crippen LogP contribution is -2.46. The van der Waals surface area contributed by atoms with Crippen molar-refractivity contribution in [3.8, 4) is 0 Å². The summed E-state index contributed by atoms with van der Waals surface area (Å²) in [4.78, 5) is 25.6. The fraction of sp³-hybridized carbons (Fsp3) is 0.500. The standard InChI is InChI=1S/C16H23N3O5S/c1-3-24-16(21)19-10-8-13(9-11-19)17-15(20)12-4-6-14(7-5-12)18-25(2,22)23/h4-7,13,18H,3,8-11H2,1-2H3,(H,17,20). The molecule has 0 atom stereocenters. The van der Waals surface area contributed by atoms with E-state index in [9.17, 15) is 18.0 Å². The van der Waals surface area contributed by atoms with E-state index >= 15 is 0 Å². The number of rotatable bonds is 5. The van der Waals surface area contributed by atoms with Gasteiger partial charge < -0.3 is 15.0 Å². The Labute approximate surface area is 147 Å². The maximum Gasteiger partial charge on any atom is 0.409 e. The summed E-state index contributed by atoms with van der Waals surface area (Å²) in [5.74, 6) is -0.222. The zero-order chi connectivity index (χ0) is 18.4. The lowest BCUT2D eigenvalue weighted by molar-refractivity contribution is 0.0860. The molecule has 2 amide bonds. The topological polar surface area (TPSA) is 105 Å². The van der Waals surface area contributed by atoms with Crippen LogP contribution < -0.4 is 10.0 Å². The summed E-state index contributed by atoms with van der Waals surface area (Å²) in [6.45, 7) is 3.20. The van der Waals surface area contributed by atoms with Crippen molar-refractivity contribution in [3.63, 3.8) is 0 Å². The number of carbonyl (C=O) groups is 2. The maximum absolute atomic E-state index is 12.3. The molecule has 25 heavy (non-hydrogen) atoms. The van der Waals surface area contributed by atoms with Gasteiger partial charge in [0.15, 0.2) is 0 Å². The first kappa shape index (κ1) is 19.0. The number of ether oxygens (including phenoxy) is 1. The summed E-state index contributed by atoms with van der Waals surface area (Å²) in [7, 11) is -3.34. The average Bonchev–Trinajstić information content (AvgIpc) is 2.55. The van der Waals surface area contributed by atoms with Crippen LogP contribution in [0.15, 0.2) is 24.3 Å². The van der Waals surface area contributed by atoms with Crippen molar-refractivity contribution in [2.24, 2.45) is 0 Å². The first-order valence-electron chi connectivity index (χ1n) is 8.09. The number of sulfonamides is 1. The van der Waals surface area contributed by atoms with E-state index in [0.29, 0.717) is 43.8 Å². The van der Waals surface area contributed by atoms with Gasteiger partial charge in [-0.15, -0.1) is 0 Å². The second-order valence-electron chi connectivity index (χ2n) is 5.89. The van der Waals surface area contributed by atoms with E-state index in [0.717, 1.165) is 6.26 Å². The summed E-state index contributed by atoms with van der Waals surface area (Å²) in [6, 6.07) is 6.21. The van der Waals surface area contributed by atoms with Gasteiger partial charge in [0.25, 0.3) is 5.91 Å². The summed E-state index contributed by atoms with van der Waals surface area (Å²) in [6.07, 6.45) is 2.08. The van der Waals surface area contributed by atoms with E-state index in [4.69, 9.17) is 4.74 Å². The molecule has 0 bridgehead atoms. The van der Waals surface area contributed by atoms with Gasteiger partial charge in [-0.25, -0.2) is 13.2 Å². The van der Waals surface area contributed by atoms with Crippen LogP contribution in [0.4, 0.5) is 10.5 Å². The minimum Gasteiger partial charge on any atom is -0.450 e. The van der Waals surface area contributed by atoms with Crippen LogP contribution in [-0.4, -0.2) is 57.3 Å². The number of nitrogens with one attached hydrogen (secondary N) is 2. The van der Waals surface area contributed by atoms with Crippen LogP contribution in [0.3, 0.4) is 0 Å². The number of nitrogens with zero attached hydrogens (tertiary/aromatic N) is 1. The largest absolute Gasteiger partial charge is 0.450 e. The Morgan fingerprint density at radius 3 is 2.32 bits per heavy atom. The Hall–Kier alpha value is -2.29. The number of likely N-dealkylation sites (tertiary alicyclic amines) is 1. The van der Waals surface area contributed by atoms with Crippen molar-refractivity contribution in [1.29, 1.82) is 0 Å². The second-order valence-corrected chi connectivity index (χ2v) is 7.63. The number of benzene rings is 1. The first-order valence-corrected chi connectivity index (χ1v) is 9.98. The van der Waals surface area contributed by atoms with E-state index in [1.165, 1.54) is 0 Å². The zero-order valence-electron chi connectivity index (χ0n) is 14.3. The number of piperidine rings is 1. The van der Waals surface area contributed by atoms with Gasteiger partial charge in [0.05, 0.1) is 12.9 Å². The molecule has 1 saturated heterocycles. The third kappa shape index (κ3) is 5.93. The van der Waals surface area contributed by atoms with Crippen LogP contribution in [0.5, 0.6) is 0 Å². The van der Waals surface area contributed by atoms with Crippen LogP contribution in [-0.2, 0) is 14.8 Å². The summed E-state index contributed by atoms with van der Waals surface area (Å²) >= 11 is 0. The zero-order valence-corrected chi connectivity index (χ0v) is 15.1. The SMILES string of the molecule is CCOC(=O)N1CCC(NC(=O)c2ccc(NS(C)(=O)=O)cc2)CC1. The normalized spacial score (nSPS) is 15.5. The van der Waals surface area contributed by atoms with Crippen LogP contribution in [0.25, 0.3) is 0 Å². The molecule has 0 spiro atoms. The quantitative estimate of drug-likeness (QED) is 0.816. The molecular weight excluding hydrogens is 346 g/mol. The molecule has 0 aliphatic carbocycles. The van der Waals surface area contributed by atoms with Gasteiger partial charge in [-0.2, -0.15) is 0 Å². The number of hydrogen-bond donors (Lipinski definition) is 2. The highest BCUT2D eigenvalue weighted by atomic mass is 32.2. The van der Waals surface area contributed by atoms with E-state index < -0.39 is 10.0 Å². The van der Waals surface area contributed by atoms with Gasteiger partial charge in [-0.1, -0.05) is 0 Å². The molecule has 0 radical (unpaired) electrons. The molecule has 1 aliphatic heterocycles. The van der Waals surface area contributed by atoms with Gasteiger partial charge in [0, 0.05) is 30.4 Å². The molecule has 1 aromatic carbocycles. The average molecular weight is 369 g/mol. The second kappa shape index (κ2) is 8.19. The third-order valence-corrected chi connectivity index (χ3v) is 4.41. The van der Waals surface area contributed by atoms with Gasteiger partial charge in [-0.3, -0.25) is 9.52 Å². The molecule has 2 rings (SSSR count). The number of carbonyl (C=O) groups excluding carboxylic acids is 2. The van der Waals surface area contributed by atoms with Gasteiger partial charge >= 0.3 is 6.09 Å². The molecule has 0 aromatic heterocycles.